The Morgan fingerprint density at radius 2 is 2.10 bits per heavy atom. The number of rotatable bonds is 2. The van der Waals surface area contributed by atoms with Crippen LogP contribution >= 0.6 is 15.9 Å². The van der Waals surface area contributed by atoms with Crippen molar-refractivity contribution in [3.8, 4) is 0 Å². The fourth-order valence-electron chi connectivity index (χ4n) is 2.64. The zero-order chi connectivity index (χ0) is 14.3. The molecule has 1 atom stereocenters. The van der Waals surface area contributed by atoms with E-state index in [9.17, 15) is 0 Å². The quantitative estimate of drug-likeness (QED) is 0.843. The predicted octanol–water partition coefficient (Wildman–Crippen LogP) is 2.54. The second-order valence-electron chi connectivity index (χ2n) is 5.29. The zero-order valence-electron chi connectivity index (χ0n) is 11.8. The molecule has 0 fully saturated rings. The maximum absolute atomic E-state index is 4.38. The fraction of sp³-hybridized carbons (Fsp3) is 0.538. The third kappa shape index (κ3) is 2.09. The molecule has 1 aliphatic rings. The van der Waals surface area contributed by atoms with Crippen LogP contribution in [0.2, 0.25) is 0 Å². The summed E-state index contributed by atoms with van der Waals surface area (Å²) in [5.74, 6) is 3.37. The highest BCUT2D eigenvalue weighted by atomic mass is 79.9. The molecule has 0 saturated carbocycles. The second kappa shape index (κ2) is 5.12. The zero-order valence-corrected chi connectivity index (χ0v) is 13.4. The van der Waals surface area contributed by atoms with Crippen LogP contribution in [0.15, 0.2) is 17.0 Å². The Hall–Kier alpha value is -1.50. The number of fused-ring (bicyclic) bond motifs is 1. The van der Waals surface area contributed by atoms with E-state index in [2.05, 4.69) is 66.3 Å². The molecule has 106 valence electrons. The van der Waals surface area contributed by atoms with Crippen LogP contribution in [-0.4, -0.2) is 31.3 Å². The van der Waals surface area contributed by atoms with Crippen molar-refractivity contribution in [1.29, 1.82) is 0 Å². The van der Waals surface area contributed by atoms with E-state index in [1.165, 1.54) is 0 Å². The van der Waals surface area contributed by atoms with Gasteiger partial charge in [0.1, 0.15) is 18.0 Å². The normalized spacial score (nSPS) is 18.4. The molecule has 0 N–H and O–H groups in total. The standard InChI is InChI=1S/C13H17BrN6/c1-8(2)11-17-18-12-9(3)19(4-5-20(11)12)13-10(14)6-15-7-16-13/h6-9H,4-5H2,1-3H3/t9-/m0/s1. The summed E-state index contributed by atoms with van der Waals surface area (Å²) in [5, 5.41) is 8.72. The largest absolute Gasteiger partial charge is 0.344 e. The first kappa shape index (κ1) is 13.5. The summed E-state index contributed by atoms with van der Waals surface area (Å²) < 4.78 is 3.14. The van der Waals surface area contributed by atoms with E-state index < -0.39 is 0 Å². The molecule has 0 amide bonds. The molecule has 0 bridgehead atoms. The van der Waals surface area contributed by atoms with E-state index in [1.54, 1.807) is 12.5 Å². The summed E-state index contributed by atoms with van der Waals surface area (Å²) in [5.41, 5.74) is 0. The van der Waals surface area contributed by atoms with Crippen LogP contribution in [0.5, 0.6) is 0 Å². The first-order chi connectivity index (χ1) is 9.59. The van der Waals surface area contributed by atoms with Crippen molar-refractivity contribution in [3.63, 3.8) is 0 Å². The summed E-state index contributed by atoms with van der Waals surface area (Å²) in [4.78, 5) is 10.6. The highest BCUT2D eigenvalue weighted by molar-refractivity contribution is 9.10. The maximum atomic E-state index is 4.38. The number of hydrogen-bond acceptors (Lipinski definition) is 5. The molecule has 1 aliphatic heterocycles. The van der Waals surface area contributed by atoms with Gasteiger partial charge in [0, 0.05) is 25.2 Å². The monoisotopic (exact) mass is 336 g/mol. The summed E-state index contributed by atoms with van der Waals surface area (Å²) in [6.45, 7) is 8.21. The molecule has 7 heteroatoms. The highest BCUT2D eigenvalue weighted by Gasteiger charge is 2.30. The average molecular weight is 337 g/mol. The van der Waals surface area contributed by atoms with E-state index in [-0.39, 0.29) is 6.04 Å². The van der Waals surface area contributed by atoms with E-state index in [1.807, 2.05) is 0 Å². The van der Waals surface area contributed by atoms with Crippen molar-refractivity contribution >= 4 is 21.7 Å². The lowest BCUT2D eigenvalue weighted by Gasteiger charge is -2.35. The Balaban J connectivity index is 1.98. The Morgan fingerprint density at radius 3 is 2.80 bits per heavy atom. The molecule has 0 unspecified atom stereocenters. The SMILES string of the molecule is CC(C)c1nnc2n1CCN(c1ncncc1Br)[C@H]2C. The minimum absolute atomic E-state index is 0.148. The third-order valence-corrected chi connectivity index (χ3v) is 4.21. The minimum atomic E-state index is 0.148. The van der Waals surface area contributed by atoms with Gasteiger partial charge >= 0.3 is 0 Å². The van der Waals surface area contributed by atoms with E-state index in [4.69, 9.17) is 0 Å². The smallest absolute Gasteiger partial charge is 0.155 e. The molecule has 2 aromatic rings. The van der Waals surface area contributed by atoms with Crippen LogP contribution in [0.3, 0.4) is 0 Å². The van der Waals surface area contributed by atoms with Crippen molar-refractivity contribution in [3.05, 3.63) is 28.6 Å². The van der Waals surface area contributed by atoms with Crippen LogP contribution in [0, 0.1) is 0 Å². The van der Waals surface area contributed by atoms with Gasteiger partial charge in [-0.1, -0.05) is 13.8 Å². The number of hydrogen-bond donors (Lipinski definition) is 0. The lowest BCUT2D eigenvalue weighted by Crippen LogP contribution is -2.38. The first-order valence-corrected chi connectivity index (χ1v) is 7.54. The van der Waals surface area contributed by atoms with Crippen molar-refractivity contribution in [2.45, 2.75) is 39.3 Å². The molecule has 0 aliphatic carbocycles. The average Bonchev–Trinajstić information content (AvgIpc) is 2.85. The number of anilines is 1. The second-order valence-corrected chi connectivity index (χ2v) is 6.14. The molecule has 0 aromatic carbocycles. The molecule has 20 heavy (non-hydrogen) atoms. The van der Waals surface area contributed by atoms with Crippen LogP contribution in [-0.2, 0) is 6.54 Å². The molecular weight excluding hydrogens is 320 g/mol. The molecular formula is C13H17BrN6. The molecule has 0 saturated heterocycles. The number of aromatic nitrogens is 5. The summed E-state index contributed by atoms with van der Waals surface area (Å²) in [6.07, 6.45) is 3.35. The number of halogens is 1. The molecule has 6 nitrogen and oxygen atoms in total. The summed E-state index contributed by atoms with van der Waals surface area (Å²) >= 11 is 3.52. The van der Waals surface area contributed by atoms with Gasteiger partial charge in [0.05, 0.1) is 10.5 Å². The van der Waals surface area contributed by atoms with Gasteiger partial charge < -0.3 is 9.47 Å². The van der Waals surface area contributed by atoms with E-state index in [0.717, 1.165) is 35.0 Å². The topological polar surface area (TPSA) is 59.7 Å². The Labute approximate surface area is 126 Å². The Bertz CT molecular complexity index is 623. The molecule has 2 aromatic heterocycles. The van der Waals surface area contributed by atoms with Gasteiger partial charge in [-0.25, -0.2) is 9.97 Å². The van der Waals surface area contributed by atoms with Gasteiger partial charge in [-0.05, 0) is 22.9 Å². The van der Waals surface area contributed by atoms with Crippen LogP contribution in [0.1, 0.15) is 44.4 Å². The van der Waals surface area contributed by atoms with Crippen molar-refractivity contribution in [2.75, 3.05) is 11.4 Å². The molecule has 0 radical (unpaired) electrons. The van der Waals surface area contributed by atoms with E-state index in [0.29, 0.717) is 5.92 Å². The Morgan fingerprint density at radius 1 is 1.30 bits per heavy atom. The van der Waals surface area contributed by atoms with E-state index >= 15 is 0 Å². The molecule has 3 rings (SSSR count). The highest BCUT2D eigenvalue weighted by Crippen LogP contribution is 2.33. The van der Waals surface area contributed by atoms with Crippen molar-refractivity contribution in [1.82, 2.24) is 24.7 Å². The lowest BCUT2D eigenvalue weighted by atomic mass is 10.1. The first-order valence-electron chi connectivity index (χ1n) is 6.74. The predicted molar refractivity (Wildman–Crippen MR) is 79.6 cm³/mol. The van der Waals surface area contributed by atoms with Gasteiger partial charge in [0.2, 0.25) is 0 Å². The fourth-order valence-corrected chi connectivity index (χ4v) is 3.09. The van der Waals surface area contributed by atoms with Crippen LogP contribution in [0.25, 0.3) is 0 Å². The maximum Gasteiger partial charge on any atom is 0.155 e. The van der Waals surface area contributed by atoms with Gasteiger partial charge in [-0.2, -0.15) is 0 Å². The van der Waals surface area contributed by atoms with Crippen LogP contribution in [0.4, 0.5) is 5.82 Å². The van der Waals surface area contributed by atoms with Gasteiger partial charge in [0.15, 0.2) is 5.82 Å². The van der Waals surface area contributed by atoms with Crippen LogP contribution < -0.4 is 4.90 Å². The minimum Gasteiger partial charge on any atom is -0.344 e. The van der Waals surface area contributed by atoms with Gasteiger partial charge in [-0.3, -0.25) is 0 Å². The summed E-state index contributed by atoms with van der Waals surface area (Å²) in [6, 6.07) is 0.148. The third-order valence-electron chi connectivity index (χ3n) is 3.65. The number of nitrogens with zero attached hydrogens (tertiary/aromatic N) is 6. The van der Waals surface area contributed by atoms with Crippen molar-refractivity contribution < 1.29 is 0 Å². The summed E-state index contributed by atoms with van der Waals surface area (Å²) in [7, 11) is 0. The van der Waals surface area contributed by atoms with Gasteiger partial charge in [-0.15, -0.1) is 10.2 Å². The Kier molecular flexibility index (Phi) is 3.45. The van der Waals surface area contributed by atoms with Gasteiger partial charge in [0.25, 0.3) is 0 Å². The molecule has 0 spiro atoms. The molecule has 3 heterocycles. The van der Waals surface area contributed by atoms with Crippen molar-refractivity contribution in [2.24, 2.45) is 0 Å². The lowest BCUT2D eigenvalue weighted by molar-refractivity contribution is 0.476.